The van der Waals surface area contributed by atoms with Gasteiger partial charge in [0.15, 0.2) is 0 Å². The molecule has 0 saturated heterocycles. The number of nitrogens with one attached hydrogen (secondary N) is 1. The van der Waals surface area contributed by atoms with Crippen LogP contribution in [-0.2, 0) is 7.05 Å². The van der Waals surface area contributed by atoms with Crippen LogP contribution in [0.3, 0.4) is 0 Å². The molecule has 0 saturated carbocycles. The summed E-state index contributed by atoms with van der Waals surface area (Å²) in [7, 11) is 1.77. The van der Waals surface area contributed by atoms with Crippen molar-refractivity contribution in [3.05, 3.63) is 40.7 Å². The molecule has 96 valence electrons. The summed E-state index contributed by atoms with van der Waals surface area (Å²) < 4.78 is 1.63. The lowest BCUT2D eigenvalue weighted by Crippen LogP contribution is -2.18. The van der Waals surface area contributed by atoms with E-state index in [4.69, 9.17) is 0 Å². The molecule has 1 aromatic carbocycles. The highest BCUT2D eigenvalue weighted by Gasteiger charge is 2.05. The van der Waals surface area contributed by atoms with Crippen LogP contribution < -0.4 is 10.9 Å². The van der Waals surface area contributed by atoms with E-state index < -0.39 is 0 Å². The number of aliphatic hydroxyl groups excluding tert-OH is 1. The van der Waals surface area contributed by atoms with E-state index in [0.717, 1.165) is 16.6 Å². The molecule has 2 aromatic rings. The second-order valence-corrected chi connectivity index (χ2v) is 4.54. The highest BCUT2D eigenvalue weighted by molar-refractivity contribution is 5.91. The van der Waals surface area contributed by atoms with E-state index in [9.17, 15) is 9.90 Å². The largest absolute Gasteiger partial charge is 0.393 e. The summed E-state index contributed by atoms with van der Waals surface area (Å²) in [6, 6.07) is 9.38. The summed E-state index contributed by atoms with van der Waals surface area (Å²) in [6.07, 6.45) is 0.319. The Morgan fingerprint density at radius 3 is 2.83 bits per heavy atom. The second-order valence-electron chi connectivity index (χ2n) is 4.54. The Balaban J connectivity index is 2.38. The van der Waals surface area contributed by atoms with Crippen molar-refractivity contribution in [2.45, 2.75) is 19.4 Å². The number of benzene rings is 1. The smallest absolute Gasteiger partial charge is 0.252 e. The molecule has 1 unspecified atom stereocenters. The number of fused-ring (bicyclic) bond motifs is 1. The summed E-state index contributed by atoms with van der Waals surface area (Å²) in [5.41, 5.74) is 1.70. The number of hydrogen-bond acceptors (Lipinski definition) is 3. The quantitative estimate of drug-likeness (QED) is 0.863. The molecule has 2 rings (SSSR count). The minimum atomic E-state index is -0.338. The van der Waals surface area contributed by atoms with Crippen LogP contribution in [0.5, 0.6) is 0 Å². The molecule has 18 heavy (non-hydrogen) atoms. The van der Waals surface area contributed by atoms with Gasteiger partial charge in [-0.25, -0.2) is 0 Å². The first kappa shape index (κ1) is 12.6. The highest BCUT2D eigenvalue weighted by atomic mass is 16.3. The zero-order valence-electron chi connectivity index (χ0n) is 10.7. The van der Waals surface area contributed by atoms with Crippen LogP contribution >= 0.6 is 0 Å². The lowest BCUT2D eigenvalue weighted by Gasteiger charge is -2.12. The van der Waals surface area contributed by atoms with E-state index >= 15 is 0 Å². The van der Waals surface area contributed by atoms with Crippen molar-refractivity contribution >= 4 is 16.6 Å². The van der Waals surface area contributed by atoms with E-state index in [0.29, 0.717) is 13.0 Å². The van der Waals surface area contributed by atoms with Gasteiger partial charge >= 0.3 is 0 Å². The summed E-state index contributed by atoms with van der Waals surface area (Å²) in [5.74, 6) is 0. The van der Waals surface area contributed by atoms with E-state index in [1.54, 1.807) is 24.6 Å². The fourth-order valence-corrected chi connectivity index (χ4v) is 1.97. The molecule has 4 nitrogen and oxygen atoms in total. The maximum Gasteiger partial charge on any atom is 0.252 e. The standard InChI is InChI=1S/C14H18N2O2/c1-10(17)7-8-15-12-9-14(18)16(2)13-6-4-3-5-11(12)13/h3-6,9-10,15,17H,7-8H2,1-2H3. The van der Waals surface area contributed by atoms with Crippen molar-refractivity contribution in [2.75, 3.05) is 11.9 Å². The minimum Gasteiger partial charge on any atom is -0.393 e. The Kier molecular flexibility index (Phi) is 3.67. The Morgan fingerprint density at radius 1 is 1.39 bits per heavy atom. The SMILES string of the molecule is CC(O)CCNc1cc(=O)n(C)c2ccccc12. The normalized spacial score (nSPS) is 12.6. The molecule has 2 N–H and O–H groups in total. The molecule has 0 spiro atoms. The number of para-hydroxylation sites is 1. The van der Waals surface area contributed by atoms with Crippen LogP contribution in [0.25, 0.3) is 10.9 Å². The van der Waals surface area contributed by atoms with Gasteiger partial charge in [-0.15, -0.1) is 0 Å². The highest BCUT2D eigenvalue weighted by Crippen LogP contribution is 2.20. The molecule has 4 heteroatoms. The van der Waals surface area contributed by atoms with Gasteiger partial charge in [0.1, 0.15) is 0 Å². The van der Waals surface area contributed by atoms with Crippen LogP contribution in [0.15, 0.2) is 35.1 Å². The number of nitrogens with zero attached hydrogens (tertiary/aromatic N) is 1. The van der Waals surface area contributed by atoms with Crippen LogP contribution in [0, 0.1) is 0 Å². The van der Waals surface area contributed by atoms with E-state index in [1.807, 2.05) is 24.3 Å². The molecule has 0 aliphatic rings. The molecule has 0 bridgehead atoms. The molecule has 0 fully saturated rings. The summed E-state index contributed by atoms with van der Waals surface area (Å²) in [5, 5.41) is 13.5. The van der Waals surface area contributed by atoms with Gasteiger partial charge in [0, 0.05) is 30.7 Å². The Morgan fingerprint density at radius 2 is 2.11 bits per heavy atom. The molecule has 0 amide bonds. The Bertz CT molecular complexity index is 602. The second kappa shape index (κ2) is 5.23. The van der Waals surface area contributed by atoms with E-state index in [-0.39, 0.29) is 11.7 Å². The van der Waals surface area contributed by atoms with Crippen molar-refractivity contribution in [2.24, 2.45) is 7.05 Å². The summed E-state index contributed by atoms with van der Waals surface area (Å²) in [4.78, 5) is 11.8. The fraction of sp³-hybridized carbons (Fsp3) is 0.357. The predicted molar refractivity (Wildman–Crippen MR) is 74.0 cm³/mol. The van der Waals surface area contributed by atoms with Gasteiger partial charge in [-0.05, 0) is 19.4 Å². The summed E-state index contributed by atoms with van der Waals surface area (Å²) >= 11 is 0. The first-order chi connectivity index (χ1) is 8.59. The van der Waals surface area contributed by atoms with E-state index in [2.05, 4.69) is 5.32 Å². The number of aliphatic hydroxyl groups is 1. The van der Waals surface area contributed by atoms with Crippen molar-refractivity contribution < 1.29 is 5.11 Å². The first-order valence-electron chi connectivity index (χ1n) is 6.10. The van der Waals surface area contributed by atoms with Gasteiger partial charge in [-0.1, -0.05) is 18.2 Å². The van der Waals surface area contributed by atoms with Gasteiger partial charge in [0.05, 0.1) is 11.6 Å². The lowest BCUT2D eigenvalue weighted by molar-refractivity contribution is 0.189. The van der Waals surface area contributed by atoms with Crippen molar-refractivity contribution in [3.8, 4) is 0 Å². The molecule has 1 heterocycles. The zero-order valence-corrected chi connectivity index (χ0v) is 10.7. The molecule has 1 aromatic heterocycles. The van der Waals surface area contributed by atoms with Gasteiger partial charge < -0.3 is 15.0 Å². The number of rotatable bonds is 4. The average molecular weight is 246 g/mol. The third-order valence-corrected chi connectivity index (χ3v) is 3.03. The molecular formula is C14H18N2O2. The third-order valence-electron chi connectivity index (χ3n) is 3.03. The van der Waals surface area contributed by atoms with Gasteiger partial charge in [0.2, 0.25) is 0 Å². The molecule has 1 atom stereocenters. The fourth-order valence-electron chi connectivity index (χ4n) is 1.97. The zero-order chi connectivity index (χ0) is 13.1. The first-order valence-corrected chi connectivity index (χ1v) is 6.10. The van der Waals surface area contributed by atoms with Crippen LogP contribution in [0.1, 0.15) is 13.3 Å². The van der Waals surface area contributed by atoms with Crippen LogP contribution in [-0.4, -0.2) is 22.3 Å². The van der Waals surface area contributed by atoms with Crippen molar-refractivity contribution in [3.63, 3.8) is 0 Å². The molecular weight excluding hydrogens is 228 g/mol. The summed E-state index contributed by atoms with van der Waals surface area (Å²) in [6.45, 7) is 2.40. The average Bonchev–Trinajstić information content (AvgIpc) is 2.35. The maximum atomic E-state index is 11.8. The lowest BCUT2D eigenvalue weighted by atomic mass is 10.1. The molecule has 0 aliphatic heterocycles. The minimum absolute atomic E-state index is 0.0340. The monoisotopic (exact) mass is 246 g/mol. The third kappa shape index (κ3) is 2.54. The Hall–Kier alpha value is -1.81. The van der Waals surface area contributed by atoms with E-state index in [1.165, 1.54) is 0 Å². The number of aromatic nitrogens is 1. The van der Waals surface area contributed by atoms with Gasteiger partial charge in [0.25, 0.3) is 5.56 Å². The predicted octanol–water partition coefficient (Wildman–Crippen LogP) is 1.72. The number of anilines is 1. The number of aryl methyl sites for hydroxylation is 1. The number of hydrogen-bond donors (Lipinski definition) is 2. The van der Waals surface area contributed by atoms with Gasteiger partial charge in [-0.3, -0.25) is 4.79 Å². The van der Waals surface area contributed by atoms with Gasteiger partial charge in [-0.2, -0.15) is 0 Å². The van der Waals surface area contributed by atoms with Crippen molar-refractivity contribution in [1.82, 2.24) is 4.57 Å². The molecule has 0 aliphatic carbocycles. The maximum absolute atomic E-state index is 11.8. The molecule has 0 radical (unpaired) electrons. The number of pyridine rings is 1. The van der Waals surface area contributed by atoms with Crippen LogP contribution in [0.4, 0.5) is 5.69 Å². The Labute approximate surface area is 106 Å². The van der Waals surface area contributed by atoms with Crippen molar-refractivity contribution in [1.29, 1.82) is 0 Å². The van der Waals surface area contributed by atoms with Crippen LogP contribution in [0.2, 0.25) is 0 Å². The topological polar surface area (TPSA) is 54.3 Å².